The number of nitrogens with zero attached hydrogens (tertiary/aromatic N) is 1. The first-order valence-corrected chi connectivity index (χ1v) is 8.01. The molecule has 26 heavy (non-hydrogen) atoms. The van der Waals surface area contributed by atoms with Gasteiger partial charge in [-0.25, -0.2) is 0 Å². The minimum atomic E-state index is -4.51. The Hall–Kier alpha value is -0.760. The van der Waals surface area contributed by atoms with E-state index in [4.69, 9.17) is 0 Å². The van der Waals surface area contributed by atoms with Crippen LogP contribution in [0.2, 0.25) is 0 Å². The summed E-state index contributed by atoms with van der Waals surface area (Å²) in [6, 6.07) is 6.01. The van der Waals surface area contributed by atoms with Crippen molar-refractivity contribution in [1.82, 2.24) is 10.2 Å². The smallest absolute Gasteiger partial charge is 0.428 e. The van der Waals surface area contributed by atoms with Gasteiger partial charge < -0.3 is 10.1 Å². The molecule has 1 saturated heterocycles. The molecule has 1 atom stereocenters. The predicted molar refractivity (Wildman–Crippen MR) is 99.2 cm³/mol. The van der Waals surface area contributed by atoms with E-state index in [0.29, 0.717) is 5.56 Å². The minimum absolute atomic E-state index is 0. The van der Waals surface area contributed by atoms with E-state index in [9.17, 15) is 17.6 Å². The summed E-state index contributed by atoms with van der Waals surface area (Å²) in [4.78, 5) is 2.18. The predicted octanol–water partition coefficient (Wildman–Crippen LogP) is 4.76. The van der Waals surface area contributed by atoms with Gasteiger partial charge in [-0.15, -0.1) is 24.8 Å². The highest BCUT2D eigenvalue weighted by Gasteiger charge is 2.45. The molecule has 9 heteroatoms. The van der Waals surface area contributed by atoms with Crippen molar-refractivity contribution in [3.05, 3.63) is 29.8 Å². The van der Waals surface area contributed by atoms with Gasteiger partial charge in [0, 0.05) is 37.8 Å². The molecule has 1 fully saturated rings. The zero-order valence-electron chi connectivity index (χ0n) is 15.0. The van der Waals surface area contributed by atoms with Crippen LogP contribution in [0.1, 0.15) is 32.4 Å². The van der Waals surface area contributed by atoms with Crippen LogP contribution in [-0.4, -0.2) is 43.6 Å². The summed E-state index contributed by atoms with van der Waals surface area (Å²) in [5.41, 5.74) is 0.226. The van der Waals surface area contributed by atoms with Gasteiger partial charge in [-0.2, -0.15) is 17.6 Å². The van der Waals surface area contributed by atoms with Gasteiger partial charge in [0.25, 0.3) is 0 Å². The quantitative estimate of drug-likeness (QED) is 0.694. The molecule has 1 aliphatic rings. The van der Waals surface area contributed by atoms with E-state index >= 15 is 0 Å². The maximum atomic E-state index is 13.4. The first-order valence-electron chi connectivity index (χ1n) is 8.01. The fourth-order valence-electron chi connectivity index (χ4n) is 3.14. The molecule has 152 valence electrons. The van der Waals surface area contributed by atoms with Gasteiger partial charge in [0.2, 0.25) is 0 Å². The molecule has 0 bridgehead atoms. The van der Waals surface area contributed by atoms with Crippen molar-refractivity contribution in [3.8, 4) is 5.75 Å². The highest BCUT2D eigenvalue weighted by atomic mass is 35.5. The van der Waals surface area contributed by atoms with Gasteiger partial charge in [0.15, 0.2) is 0 Å². The number of halogens is 6. The zero-order valence-corrected chi connectivity index (χ0v) is 16.6. The third kappa shape index (κ3) is 6.15. The third-order valence-corrected chi connectivity index (χ3v) is 4.05. The van der Waals surface area contributed by atoms with Gasteiger partial charge in [-0.1, -0.05) is 39.0 Å². The zero-order chi connectivity index (χ0) is 18.0. The molecule has 1 aromatic rings. The maximum absolute atomic E-state index is 13.4. The molecular formula is C17H26Cl2F4N2O. The summed E-state index contributed by atoms with van der Waals surface area (Å²) < 4.78 is 56.3. The van der Waals surface area contributed by atoms with Gasteiger partial charge >= 0.3 is 12.5 Å². The maximum Gasteiger partial charge on any atom is 0.461 e. The lowest BCUT2D eigenvalue weighted by atomic mass is 9.80. The van der Waals surface area contributed by atoms with E-state index in [1.54, 1.807) is 12.1 Å². The van der Waals surface area contributed by atoms with Crippen LogP contribution in [0.5, 0.6) is 5.75 Å². The van der Waals surface area contributed by atoms with Gasteiger partial charge in [-0.3, -0.25) is 4.90 Å². The van der Waals surface area contributed by atoms with Crippen molar-refractivity contribution < 1.29 is 22.3 Å². The van der Waals surface area contributed by atoms with Crippen molar-refractivity contribution in [2.75, 3.05) is 26.2 Å². The molecule has 0 aromatic heterocycles. The van der Waals surface area contributed by atoms with E-state index in [1.165, 1.54) is 12.1 Å². The highest BCUT2D eigenvalue weighted by Crippen LogP contribution is 2.43. The third-order valence-electron chi connectivity index (χ3n) is 4.05. The summed E-state index contributed by atoms with van der Waals surface area (Å²) in [7, 11) is 0. The molecule has 1 aromatic carbocycles. The molecule has 1 N–H and O–H groups in total. The molecule has 3 nitrogen and oxygen atoms in total. The molecule has 0 radical (unpaired) electrons. The lowest BCUT2D eigenvalue weighted by molar-refractivity contribution is -0.253. The van der Waals surface area contributed by atoms with Crippen molar-refractivity contribution in [2.45, 2.75) is 39.3 Å². The van der Waals surface area contributed by atoms with Gasteiger partial charge in [0.05, 0.1) is 0 Å². The minimum Gasteiger partial charge on any atom is -0.428 e. The molecular weight excluding hydrogens is 395 g/mol. The first kappa shape index (κ1) is 25.2. The second-order valence-electron chi connectivity index (χ2n) is 7.06. The van der Waals surface area contributed by atoms with E-state index in [0.717, 1.165) is 26.2 Å². The van der Waals surface area contributed by atoms with Crippen LogP contribution in [-0.2, 0) is 0 Å². The molecule has 0 aliphatic carbocycles. The van der Waals surface area contributed by atoms with Gasteiger partial charge in [-0.05, 0) is 11.5 Å². The van der Waals surface area contributed by atoms with Crippen LogP contribution in [0.25, 0.3) is 0 Å². The summed E-state index contributed by atoms with van der Waals surface area (Å²) >= 11 is 0. The van der Waals surface area contributed by atoms with Crippen molar-refractivity contribution in [1.29, 1.82) is 0 Å². The monoisotopic (exact) mass is 420 g/mol. The Balaban J connectivity index is 0.00000312. The number of rotatable bonds is 5. The van der Waals surface area contributed by atoms with E-state index in [-0.39, 0.29) is 42.0 Å². The normalized spacial score (nSPS) is 17.2. The fraction of sp³-hybridized carbons (Fsp3) is 0.647. The number of hydrogen-bond donors (Lipinski definition) is 1. The lowest BCUT2D eigenvalue weighted by Crippen LogP contribution is -2.48. The summed E-state index contributed by atoms with van der Waals surface area (Å²) in [5, 5.41) is 3.25. The van der Waals surface area contributed by atoms with Crippen LogP contribution in [0.4, 0.5) is 17.6 Å². The Morgan fingerprint density at radius 2 is 1.58 bits per heavy atom. The van der Waals surface area contributed by atoms with Crippen LogP contribution < -0.4 is 10.1 Å². The number of para-hydroxylation sites is 1. The number of nitrogens with one attached hydrogen (secondary N) is 1. The molecule has 0 spiro atoms. The van der Waals surface area contributed by atoms with Crippen LogP contribution in [0.3, 0.4) is 0 Å². The first-order chi connectivity index (χ1) is 11.1. The topological polar surface area (TPSA) is 24.5 Å². The Labute approximate surface area is 164 Å². The summed E-state index contributed by atoms with van der Waals surface area (Å²) in [6.45, 7) is 9.10. The molecule has 2 rings (SSSR count). The SMILES string of the molecule is CC(C)(C)[C@@H](c1ccccc1OC(F)(F)C(F)F)N1CCNCC1.Cl.Cl. The van der Waals surface area contributed by atoms with E-state index in [1.807, 2.05) is 20.8 Å². The molecule has 0 unspecified atom stereocenters. The molecule has 1 aliphatic heterocycles. The van der Waals surface area contributed by atoms with Gasteiger partial charge in [0.1, 0.15) is 5.75 Å². The number of piperazine rings is 1. The standard InChI is InChI=1S/C17H24F4N2O.2ClH/c1-16(2,3)14(23-10-8-22-9-11-23)12-6-4-5-7-13(12)24-17(20,21)15(18)19;;/h4-7,14-15,22H,8-11H2,1-3H3;2*1H/t14-;;/m1../s1. The Kier molecular flexibility index (Phi) is 9.68. The summed E-state index contributed by atoms with van der Waals surface area (Å²) in [6.07, 6.45) is -8.39. The molecule has 0 saturated carbocycles. The number of alkyl halides is 4. The van der Waals surface area contributed by atoms with Crippen molar-refractivity contribution >= 4 is 24.8 Å². The average molecular weight is 421 g/mol. The number of hydrogen-bond acceptors (Lipinski definition) is 3. The van der Waals surface area contributed by atoms with E-state index in [2.05, 4.69) is 15.0 Å². The Morgan fingerprint density at radius 3 is 2.08 bits per heavy atom. The molecule has 1 heterocycles. The van der Waals surface area contributed by atoms with Crippen LogP contribution >= 0.6 is 24.8 Å². The van der Waals surface area contributed by atoms with Crippen molar-refractivity contribution in [2.24, 2.45) is 5.41 Å². The Morgan fingerprint density at radius 1 is 1.04 bits per heavy atom. The fourth-order valence-corrected chi connectivity index (χ4v) is 3.14. The van der Waals surface area contributed by atoms with Crippen LogP contribution in [0, 0.1) is 5.41 Å². The molecule has 0 amide bonds. The number of ether oxygens (including phenoxy) is 1. The lowest BCUT2D eigenvalue weighted by Gasteiger charge is -2.43. The number of benzene rings is 1. The van der Waals surface area contributed by atoms with Crippen molar-refractivity contribution in [3.63, 3.8) is 0 Å². The average Bonchev–Trinajstić information content (AvgIpc) is 2.48. The second-order valence-corrected chi connectivity index (χ2v) is 7.06. The van der Waals surface area contributed by atoms with Crippen LogP contribution in [0.15, 0.2) is 24.3 Å². The largest absolute Gasteiger partial charge is 0.461 e. The second kappa shape index (κ2) is 9.97. The summed E-state index contributed by atoms with van der Waals surface area (Å²) in [5.74, 6) is -0.193. The highest BCUT2D eigenvalue weighted by molar-refractivity contribution is 5.85. The Bertz CT molecular complexity index is 550. The van der Waals surface area contributed by atoms with E-state index < -0.39 is 12.5 Å².